The molecule has 0 aromatic rings. The second-order valence-electron chi connectivity index (χ2n) is 7.41. The maximum atomic E-state index is 3.79. The highest BCUT2D eigenvalue weighted by atomic mass is 14.3. The zero-order valence-corrected chi connectivity index (χ0v) is 15.7. The van der Waals surface area contributed by atoms with Crippen molar-refractivity contribution in [3.05, 3.63) is 12.7 Å². The Balaban J connectivity index is 3.99. The van der Waals surface area contributed by atoms with Crippen LogP contribution in [0.5, 0.6) is 0 Å². The molecule has 0 amide bonds. The minimum absolute atomic E-state index is 0.882. The van der Waals surface area contributed by atoms with Crippen LogP contribution in [0.2, 0.25) is 0 Å². The van der Waals surface area contributed by atoms with Gasteiger partial charge in [-0.1, -0.05) is 85.6 Å². The Labute approximate surface area is 135 Å². The fourth-order valence-corrected chi connectivity index (χ4v) is 3.57. The third-order valence-electron chi connectivity index (χ3n) is 5.50. The van der Waals surface area contributed by atoms with Crippen LogP contribution in [0, 0.1) is 23.7 Å². The van der Waals surface area contributed by atoms with Crippen molar-refractivity contribution in [3.63, 3.8) is 0 Å². The molecule has 0 heterocycles. The van der Waals surface area contributed by atoms with E-state index in [1.54, 1.807) is 0 Å². The van der Waals surface area contributed by atoms with E-state index < -0.39 is 0 Å². The zero-order valence-electron chi connectivity index (χ0n) is 15.7. The van der Waals surface area contributed by atoms with Gasteiger partial charge in [-0.3, -0.25) is 0 Å². The molecule has 0 spiro atoms. The summed E-state index contributed by atoms with van der Waals surface area (Å²) in [5.74, 6) is 3.63. The normalized spacial score (nSPS) is 17.2. The number of allylic oxidation sites excluding steroid dienone is 1. The monoisotopic (exact) mass is 294 g/mol. The van der Waals surface area contributed by atoms with Crippen LogP contribution in [0.1, 0.15) is 98.8 Å². The second kappa shape index (κ2) is 13.4. The van der Waals surface area contributed by atoms with E-state index in [1.807, 2.05) is 6.08 Å². The first-order chi connectivity index (χ1) is 10.1. The van der Waals surface area contributed by atoms with Crippen LogP contribution in [-0.4, -0.2) is 0 Å². The minimum Gasteiger partial charge on any atom is -0.103 e. The van der Waals surface area contributed by atoms with Crippen LogP contribution in [0.25, 0.3) is 0 Å². The predicted molar refractivity (Wildman–Crippen MR) is 98.7 cm³/mol. The zero-order chi connectivity index (χ0) is 16.1. The Morgan fingerprint density at radius 2 is 1.57 bits per heavy atom. The van der Waals surface area contributed by atoms with Crippen molar-refractivity contribution in [2.24, 2.45) is 23.7 Å². The van der Waals surface area contributed by atoms with Crippen LogP contribution in [0.4, 0.5) is 0 Å². The minimum atomic E-state index is 0.882. The van der Waals surface area contributed by atoms with Gasteiger partial charge in [0.1, 0.15) is 0 Å². The Kier molecular flexibility index (Phi) is 13.2. The first-order valence-electron chi connectivity index (χ1n) is 9.67. The molecule has 0 heteroatoms. The molecule has 126 valence electrons. The van der Waals surface area contributed by atoms with Gasteiger partial charge >= 0.3 is 0 Å². The van der Waals surface area contributed by atoms with Gasteiger partial charge in [0, 0.05) is 0 Å². The number of hydrogen-bond donors (Lipinski definition) is 0. The van der Waals surface area contributed by atoms with E-state index in [4.69, 9.17) is 0 Å². The van der Waals surface area contributed by atoms with E-state index in [-0.39, 0.29) is 0 Å². The first-order valence-corrected chi connectivity index (χ1v) is 9.67. The van der Waals surface area contributed by atoms with Crippen LogP contribution < -0.4 is 0 Å². The molecule has 0 saturated heterocycles. The standard InChI is InChI=1S/C21H42/c1-7-10-11-12-13-14-16-18(4)17-21(15-8-2)20(6)19(5)9-3/h7,18-21H,1,8-17H2,2-6H3. The van der Waals surface area contributed by atoms with Gasteiger partial charge in [-0.2, -0.15) is 0 Å². The van der Waals surface area contributed by atoms with Gasteiger partial charge in [-0.15, -0.1) is 6.58 Å². The van der Waals surface area contributed by atoms with Crippen molar-refractivity contribution in [1.29, 1.82) is 0 Å². The molecule has 0 saturated carbocycles. The Morgan fingerprint density at radius 1 is 0.905 bits per heavy atom. The summed E-state index contributed by atoms with van der Waals surface area (Å²) in [7, 11) is 0. The lowest BCUT2D eigenvalue weighted by Gasteiger charge is -2.30. The number of rotatable bonds is 14. The molecule has 0 aromatic heterocycles. The summed E-state index contributed by atoms with van der Waals surface area (Å²) in [5, 5.41) is 0. The Morgan fingerprint density at radius 3 is 2.14 bits per heavy atom. The average Bonchev–Trinajstić information content (AvgIpc) is 2.48. The summed E-state index contributed by atoms with van der Waals surface area (Å²) in [6, 6.07) is 0. The van der Waals surface area contributed by atoms with Crippen LogP contribution >= 0.6 is 0 Å². The fraction of sp³-hybridized carbons (Fsp3) is 0.905. The lowest BCUT2D eigenvalue weighted by atomic mass is 9.75. The molecule has 0 aliphatic carbocycles. The van der Waals surface area contributed by atoms with Gasteiger partial charge in [-0.05, 0) is 42.9 Å². The molecule has 0 nitrogen and oxygen atoms in total. The largest absolute Gasteiger partial charge is 0.103 e. The van der Waals surface area contributed by atoms with Gasteiger partial charge < -0.3 is 0 Å². The van der Waals surface area contributed by atoms with Crippen LogP contribution in [-0.2, 0) is 0 Å². The molecule has 0 fully saturated rings. The molecule has 0 aliphatic rings. The first kappa shape index (κ1) is 20.7. The smallest absolute Gasteiger partial charge is 0.0353 e. The van der Waals surface area contributed by atoms with Gasteiger partial charge in [0.25, 0.3) is 0 Å². The molecule has 0 bridgehead atoms. The van der Waals surface area contributed by atoms with Crippen molar-refractivity contribution < 1.29 is 0 Å². The van der Waals surface area contributed by atoms with Crippen molar-refractivity contribution in [3.8, 4) is 0 Å². The summed E-state index contributed by atoms with van der Waals surface area (Å²) < 4.78 is 0. The highest BCUT2D eigenvalue weighted by Gasteiger charge is 2.22. The van der Waals surface area contributed by atoms with E-state index in [1.165, 1.54) is 64.2 Å². The third kappa shape index (κ3) is 10.1. The summed E-state index contributed by atoms with van der Waals surface area (Å²) in [5.41, 5.74) is 0. The molecule has 0 rings (SSSR count). The summed E-state index contributed by atoms with van der Waals surface area (Å²) in [6.07, 6.45) is 15.8. The van der Waals surface area contributed by atoms with E-state index >= 15 is 0 Å². The molecular formula is C21H42. The SMILES string of the molecule is C=CCCCCCCC(C)CC(CCC)C(C)C(C)CC. The lowest BCUT2D eigenvalue weighted by molar-refractivity contribution is 0.201. The topological polar surface area (TPSA) is 0 Å². The molecule has 0 aromatic carbocycles. The predicted octanol–water partition coefficient (Wildman–Crippen LogP) is 7.64. The molecular weight excluding hydrogens is 252 g/mol. The third-order valence-corrected chi connectivity index (χ3v) is 5.50. The lowest BCUT2D eigenvalue weighted by Crippen LogP contribution is -2.21. The molecule has 21 heavy (non-hydrogen) atoms. The van der Waals surface area contributed by atoms with E-state index in [0.29, 0.717) is 0 Å². The molecule has 0 radical (unpaired) electrons. The van der Waals surface area contributed by atoms with Crippen molar-refractivity contribution in [1.82, 2.24) is 0 Å². The molecule has 0 aliphatic heterocycles. The van der Waals surface area contributed by atoms with Crippen molar-refractivity contribution in [2.45, 2.75) is 98.8 Å². The maximum absolute atomic E-state index is 3.79. The van der Waals surface area contributed by atoms with Gasteiger partial charge in [0.2, 0.25) is 0 Å². The summed E-state index contributed by atoms with van der Waals surface area (Å²) in [6.45, 7) is 15.9. The molecule has 4 unspecified atom stereocenters. The fourth-order valence-electron chi connectivity index (χ4n) is 3.57. The summed E-state index contributed by atoms with van der Waals surface area (Å²) in [4.78, 5) is 0. The van der Waals surface area contributed by atoms with E-state index in [2.05, 4.69) is 41.2 Å². The highest BCUT2D eigenvalue weighted by molar-refractivity contribution is 4.73. The van der Waals surface area contributed by atoms with Crippen molar-refractivity contribution >= 4 is 0 Å². The maximum Gasteiger partial charge on any atom is -0.0353 e. The van der Waals surface area contributed by atoms with E-state index in [0.717, 1.165) is 23.7 Å². The van der Waals surface area contributed by atoms with Gasteiger partial charge in [-0.25, -0.2) is 0 Å². The summed E-state index contributed by atoms with van der Waals surface area (Å²) >= 11 is 0. The Hall–Kier alpha value is -0.260. The number of unbranched alkanes of at least 4 members (excludes halogenated alkanes) is 4. The molecule has 4 atom stereocenters. The van der Waals surface area contributed by atoms with Gasteiger partial charge in [0.05, 0.1) is 0 Å². The van der Waals surface area contributed by atoms with Crippen molar-refractivity contribution in [2.75, 3.05) is 0 Å². The quantitative estimate of drug-likeness (QED) is 0.228. The number of hydrogen-bond acceptors (Lipinski definition) is 0. The highest BCUT2D eigenvalue weighted by Crippen LogP contribution is 2.33. The van der Waals surface area contributed by atoms with Gasteiger partial charge in [0.15, 0.2) is 0 Å². The van der Waals surface area contributed by atoms with E-state index in [9.17, 15) is 0 Å². The Bertz CT molecular complexity index is 230. The molecule has 0 N–H and O–H groups in total. The average molecular weight is 295 g/mol. The second-order valence-corrected chi connectivity index (χ2v) is 7.41. The van der Waals surface area contributed by atoms with Crippen LogP contribution in [0.15, 0.2) is 12.7 Å². The van der Waals surface area contributed by atoms with Crippen LogP contribution in [0.3, 0.4) is 0 Å².